The first-order valence-electron chi connectivity index (χ1n) is 3.18. The minimum Gasteiger partial charge on any atom is -0.480 e. The molecule has 1 aromatic heterocycles. The van der Waals surface area contributed by atoms with Crippen LogP contribution < -0.4 is 0 Å². The second kappa shape index (κ2) is 2.38. The molecule has 4 heteroatoms. The lowest BCUT2D eigenvalue weighted by Gasteiger charge is -2.13. The van der Waals surface area contributed by atoms with Crippen LogP contribution in [0.1, 0.15) is 19.7 Å². The fraction of sp³-hybridized carbons (Fsp3) is 0.429. The molecule has 0 unspecified atom stereocenters. The summed E-state index contributed by atoms with van der Waals surface area (Å²) in [7, 11) is 0. The topological polar surface area (TPSA) is 63.3 Å². The zero-order valence-electron chi connectivity index (χ0n) is 6.37. The summed E-state index contributed by atoms with van der Waals surface area (Å²) in [5, 5.41) is 8.71. The highest BCUT2D eigenvalue weighted by molar-refractivity contribution is 5.78. The third kappa shape index (κ3) is 1.24. The Hall–Kier alpha value is -1.32. The van der Waals surface area contributed by atoms with E-state index in [-0.39, 0.29) is 5.89 Å². The molecule has 0 aliphatic heterocycles. The van der Waals surface area contributed by atoms with Crippen LogP contribution in [-0.2, 0) is 10.2 Å². The van der Waals surface area contributed by atoms with E-state index in [9.17, 15) is 4.79 Å². The van der Waals surface area contributed by atoms with E-state index in [1.807, 2.05) is 0 Å². The van der Waals surface area contributed by atoms with Gasteiger partial charge in [-0.1, -0.05) is 0 Å². The van der Waals surface area contributed by atoms with E-state index >= 15 is 0 Å². The number of nitrogens with zero attached hydrogens (tertiary/aromatic N) is 1. The molecule has 11 heavy (non-hydrogen) atoms. The van der Waals surface area contributed by atoms with Crippen molar-refractivity contribution in [3.05, 3.63) is 18.4 Å². The lowest BCUT2D eigenvalue weighted by molar-refractivity contribution is -0.143. The highest BCUT2D eigenvalue weighted by Crippen LogP contribution is 2.20. The average Bonchev–Trinajstić information content (AvgIpc) is 2.37. The van der Waals surface area contributed by atoms with Gasteiger partial charge in [0, 0.05) is 0 Å². The summed E-state index contributed by atoms with van der Waals surface area (Å²) in [6.45, 7) is 3.09. The fourth-order valence-corrected chi connectivity index (χ4v) is 0.624. The molecule has 0 spiro atoms. The molecule has 1 aromatic rings. The molecule has 0 saturated heterocycles. The van der Waals surface area contributed by atoms with Crippen molar-refractivity contribution in [3.63, 3.8) is 0 Å². The van der Waals surface area contributed by atoms with Crippen molar-refractivity contribution >= 4 is 5.97 Å². The maximum atomic E-state index is 10.6. The highest BCUT2D eigenvalue weighted by atomic mass is 16.4. The lowest BCUT2D eigenvalue weighted by Crippen LogP contribution is -2.28. The molecule has 0 radical (unpaired) electrons. The van der Waals surface area contributed by atoms with Crippen LogP contribution in [0.15, 0.2) is 16.9 Å². The molecule has 4 nitrogen and oxygen atoms in total. The van der Waals surface area contributed by atoms with E-state index in [0.717, 1.165) is 0 Å². The Morgan fingerprint density at radius 2 is 2.36 bits per heavy atom. The largest absolute Gasteiger partial charge is 0.480 e. The van der Waals surface area contributed by atoms with Crippen LogP contribution >= 0.6 is 0 Å². The molecule has 1 heterocycles. The average molecular weight is 155 g/mol. The molecule has 0 fully saturated rings. The van der Waals surface area contributed by atoms with Gasteiger partial charge in [0.2, 0.25) is 5.89 Å². The van der Waals surface area contributed by atoms with Crippen molar-refractivity contribution in [2.24, 2.45) is 0 Å². The molecule has 1 rings (SSSR count). The van der Waals surface area contributed by atoms with Gasteiger partial charge in [0.05, 0.1) is 6.20 Å². The summed E-state index contributed by atoms with van der Waals surface area (Å²) in [4.78, 5) is 14.4. The minimum atomic E-state index is -1.04. The molecule has 0 amide bonds. The Kier molecular flexibility index (Phi) is 1.68. The quantitative estimate of drug-likeness (QED) is 0.692. The number of hydrogen-bond donors (Lipinski definition) is 1. The van der Waals surface area contributed by atoms with Crippen molar-refractivity contribution in [1.29, 1.82) is 0 Å². The third-order valence-electron chi connectivity index (χ3n) is 1.50. The first-order chi connectivity index (χ1) is 5.05. The molecular formula is C7H9NO3. The van der Waals surface area contributed by atoms with Crippen molar-refractivity contribution in [2.45, 2.75) is 19.3 Å². The van der Waals surface area contributed by atoms with Gasteiger partial charge in [-0.15, -0.1) is 0 Å². The first-order valence-corrected chi connectivity index (χ1v) is 3.18. The summed E-state index contributed by atoms with van der Waals surface area (Å²) in [6, 6.07) is 0. The lowest BCUT2D eigenvalue weighted by atomic mass is 9.94. The van der Waals surface area contributed by atoms with Gasteiger partial charge in [-0.05, 0) is 13.8 Å². The van der Waals surface area contributed by atoms with Crippen LogP contribution in [0.5, 0.6) is 0 Å². The summed E-state index contributed by atoms with van der Waals surface area (Å²) in [5.41, 5.74) is -1.04. The number of aromatic nitrogens is 1. The first kappa shape index (κ1) is 7.78. The fourth-order valence-electron chi connectivity index (χ4n) is 0.624. The van der Waals surface area contributed by atoms with Crippen LogP contribution in [0.3, 0.4) is 0 Å². The number of carboxylic acids is 1. The number of aliphatic carboxylic acids is 1. The smallest absolute Gasteiger partial charge is 0.318 e. The second-order valence-corrected chi connectivity index (χ2v) is 2.77. The maximum Gasteiger partial charge on any atom is 0.318 e. The second-order valence-electron chi connectivity index (χ2n) is 2.77. The van der Waals surface area contributed by atoms with E-state index in [1.54, 1.807) is 13.8 Å². The molecule has 0 aliphatic rings. The number of hydrogen-bond acceptors (Lipinski definition) is 3. The van der Waals surface area contributed by atoms with Crippen LogP contribution in [0.25, 0.3) is 0 Å². The van der Waals surface area contributed by atoms with Gasteiger partial charge in [-0.2, -0.15) is 0 Å². The van der Waals surface area contributed by atoms with Gasteiger partial charge < -0.3 is 9.52 Å². The van der Waals surface area contributed by atoms with Gasteiger partial charge in [-0.25, -0.2) is 4.98 Å². The van der Waals surface area contributed by atoms with Crippen LogP contribution in [-0.4, -0.2) is 16.1 Å². The van der Waals surface area contributed by atoms with Crippen molar-refractivity contribution in [2.75, 3.05) is 0 Å². The van der Waals surface area contributed by atoms with Crippen LogP contribution in [0.4, 0.5) is 0 Å². The standard InChI is InChI=1S/C7H9NO3/c1-7(2,6(9)10)5-8-3-4-11-5/h3-4H,1-2H3,(H,9,10). The molecule has 0 aromatic carbocycles. The Bertz CT molecular complexity index is 251. The molecule has 0 atom stereocenters. The molecule has 0 saturated carbocycles. The highest BCUT2D eigenvalue weighted by Gasteiger charge is 2.33. The predicted molar refractivity (Wildman–Crippen MR) is 37.2 cm³/mol. The van der Waals surface area contributed by atoms with Gasteiger partial charge in [0.15, 0.2) is 0 Å². The molecule has 0 bridgehead atoms. The van der Waals surface area contributed by atoms with E-state index < -0.39 is 11.4 Å². The molecule has 60 valence electrons. The normalized spacial score (nSPS) is 11.5. The Morgan fingerprint density at radius 1 is 1.73 bits per heavy atom. The van der Waals surface area contributed by atoms with E-state index in [2.05, 4.69) is 4.98 Å². The van der Waals surface area contributed by atoms with Gasteiger partial charge in [-0.3, -0.25) is 4.79 Å². The van der Waals surface area contributed by atoms with Crippen LogP contribution in [0, 0.1) is 0 Å². The zero-order chi connectivity index (χ0) is 8.48. The molecular weight excluding hydrogens is 146 g/mol. The number of carboxylic acid groups (broad SMARTS) is 1. The van der Waals surface area contributed by atoms with Crippen molar-refractivity contribution in [3.8, 4) is 0 Å². The molecule has 1 N–H and O–H groups in total. The Morgan fingerprint density at radius 3 is 2.73 bits per heavy atom. The van der Waals surface area contributed by atoms with Gasteiger partial charge >= 0.3 is 5.97 Å². The van der Waals surface area contributed by atoms with Gasteiger partial charge in [0.25, 0.3) is 0 Å². The van der Waals surface area contributed by atoms with Gasteiger partial charge in [0.1, 0.15) is 11.7 Å². The summed E-state index contributed by atoms with van der Waals surface area (Å²) < 4.78 is 4.87. The molecule has 0 aliphatic carbocycles. The SMILES string of the molecule is CC(C)(C(=O)O)c1ncco1. The Labute approximate surface area is 63.9 Å². The summed E-state index contributed by atoms with van der Waals surface area (Å²) in [5.74, 6) is -0.718. The third-order valence-corrected chi connectivity index (χ3v) is 1.50. The summed E-state index contributed by atoms with van der Waals surface area (Å²) >= 11 is 0. The summed E-state index contributed by atoms with van der Waals surface area (Å²) in [6.07, 6.45) is 2.79. The number of carbonyl (C=O) groups is 1. The minimum absolute atomic E-state index is 0.227. The number of oxazole rings is 1. The van der Waals surface area contributed by atoms with E-state index in [0.29, 0.717) is 0 Å². The van der Waals surface area contributed by atoms with E-state index in [1.165, 1.54) is 12.5 Å². The number of rotatable bonds is 2. The van der Waals surface area contributed by atoms with Crippen molar-refractivity contribution < 1.29 is 14.3 Å². The van der Waals surface area contributed by atoms with Crippen molar-refractivity contribution in [1.82, 2.24) is 4.98 Å². The monoisotopic (exact) mass is 155 g/mol. The van der Waals surface area contributed by atoms with E-state index in [4.69, 9.17) is 9.52 Å². The zero-order valence-corrected chi connectivity index (χ0v) is 6.37. The van der Waals surface area contributed by atoms with Crippen LogP contribution in [0.2, 0.25) is 0 Å². The maximum absolute atomic E-state index is 10.6. The Balaban J connectivity index is 3.00. The predicted octanol–water partition coefficient (Wildman–Crippen LogP) is 1.04.